The van der Waals surface area contributed by atoms with Crippen LogP contribution in [0.4, 0.5) is 5.69 Å². The molecule has 0 fully saturated rings. The van der Waals surface area contributed by atoms with Gasteiger partial charge in [0.05, 0.1) is 7.11 Å². The van der Waals surface area contributed by atoms with Gasteiger partial charge in [-0.3, -0.25) is 4.79 Å². The second-order valence-corrected chi connectivity index (χ2v) is 6.88. The number of amides is 1. The lowest BCUT2D eigenvalue weighted by atomic mass is 9.98. The molecule has 0 saturated carbocycles. The fourth-order valence-electron chi connectivity index (χ4n) is 3.18. The summed E-state index contributed by atoms with van der Waals surface area (Å²) in [5, 5.41) is 6.49. The van der Waals surface area contributed by atoms with Crippen molar-refractivity contribution in [2.24, 2.45) is 0 Å². The van der Waals surface area contributed by atoms with Gasteiger partial charge in [-0.05, 0) is 48.9 Å². The first-order valence-electron chi connectivity index (χ1n) is 9.14. The first-order valence-corrected chi connectivity index (χ1v) is 9.14. The van der Waals surface area contributed by atoms with Crippen molar-refractivity contribution in [3.63, 3.8) is 0 Å². The Morgan fingerprint density at radius 2 is 1.86 bits per heavy atom. The van der Waals surface area contributed by atoms with Gasteiger partial charge < -0.3 is 19.8 Å². The van der Waals surface area contributed by atoms with Crippen molar-refractivity contribution in [1.29, 1.82) is 0 Å². The summed E-state index contributed by atoms with van der Waals surface area (Å²) >= 11 is 0. The van der Waals surface area contributed by atoms with Crippen LogP contribution in [0.1, 0.15) is 41.3 Å². The predicted octanol–water partition coefficient (Wildman–Crippen LogP) is 3.90. The Morgan fingerprint density at radius 1 is 1.14 bits per heavy atom. The van der Waals surface area contributed by atoms with Crippen LogP contribution in [-0.4, -0.2) is 20.1 Å². The van der Waals surface area contributed by atoms with Gasteiger partial charge in [0, 0.05) is 23.2 Å². The van der Waals surface area contributed by atoms with E-state index in [1.54, 1.807) is 31.4 Å². The molecule has 0 aliphatic rings. The molecule has 0 atom stereocenters. The van der Waals surface area contributed by atoms with E-state index in [1.807, 2.05) is 39.1 Å². The van der Waals surface area contributed by atoms with Crippen LogP contribution in [0.15, 0.2) is 51.7 Å². The normalized spacial score (nSPS) is 11.0. The topological polar surface area (TPSA) is 80.6 Å². The molecule has 0 aliphatic carbocycles. The van der Waals surface area contributed by atoms with Crippen LogP contribution in [0, 0.1) is 0 Å². The van der Waals surface area contributed by atoms with Crippen molar-refractivity contribution in [1.82, 2.24) is 5.32 Å². The molecule has 6 nitrogen and oxygen atoms in total. The molecule has 3 rings (SSSR count). The molecule has 0 saturated heterocycles. The van der Waals surface area contributed by atoms with E-state index in [-0.39, 0.29) is 11.5 Å². The highest BCUT2D eigenvalue weighted by Gasteiger charge is 2.19. The molecule has 1 amide bonds. The van der Waals surface area contributed by atoms with Gasteiger partial charge in [0.1, 0.15) is 16.9 Å². The van der Waals surface area contributed by atoms with Crippen molar-refractivity contribution >= 4 is 22.6 Å². The number of hydrogen-bond acceptors (Lipinski definition) is 5. The van der Waals surface area contributed by atoms with Crippen molar-refractivity contribution in [3.05, 3.63) is 69.6 Å². The zero-order valence-electron chi connectivity index (χ0n) is 16.5. The summed E-state index contributed by atoms with van der Waals surface area (Å²) in [7, 11) is 3.45. The van der Waals surface area contributed by atoms with Crippen LogP contribution in [0.5, 0.6) is 5.75 Å². The third-order valence-electron chi connectivity index (χ3n) is 4.54. The Labute approximate surface area is 163 Å². The third-order valence-corrected chi connectivity index (χ3v) is 4.54. The molecule has 0 bridgehead atoms. The predicted molar refractivity (Wildman–Crippen MR) is 110 cm³/mol. The molecule has 2 aromatic carbocycles. The number of ether oxygens (including phenoxy) is 1. The molecule has 146 valence electrons. The van der Waals surface area contributed by atoms with Crippen molar-refractivity contribution in [2.75, 3.05) is 19.5 Å². The van der Waals surface area contributed by atoms with E-state index in [0.29, 0.717) is 22.4 Å². The highest BCUT2D eigenvalue weighted by Crippen LogP contribution is 2.33. The van der Waals surface area contributed by atoms with Gasteiger partial charge in [0.15, 0.2) is 0 Å². The zero-order chi connectivity index (χ0) is 20.3. The Morgan fingerprint density at radius 3 is 2.46 bits per heavy atom. The Kier molecular flexibility index (Phi) is 5.80. The second kappa shape index (κ2) is 8.27. The van der Waals surface area contributed by atoms with Crippen molar-refractivity contribution in [3.8, 4) is 5.75 Å². The largest absolute Gasteiger partial charge is 0.496 e. The maximum absolute atomic E-state index is 12.6. The molecule has 28 heavy (non-hydrogen) atoms. The summed E-state index contributed by atoms with van der Waals surface area (Å²) in [5.41, 5.74) is 2.26. The van der Waals surface area contributed by atoms with Gasteiger partial charge in [-0.1, -0.05) is 26.0 Å². The van der Waals surface area contributed by atoms with Crippen LogP contribution in [-0.2, 0) is 6.54 Å². The smallest absolute Gasteiger partial charge is 0.349 e. The number of carbonyl (C=O) groups is 1. The van der Waals surface area contributed by atoms with Crippen LogP contribution in [0.25, 0.3) is 11.0 Å². The van der Waals surface area contributed by atoms with Gasteiger partial charge in [0.25, 0.3) is 5.91 Å². The van der Waals surface area contributed by atoms with Crippen LogP contribution in [0.3, 0.4) is 0 Å². The fourth-order valence-corrected chi connectivity index (χ4v) is 3.18. The summed E-state index contributed by atoms with van der Waals surface area (Å²) in [6, 6.07) is 12.6. The van der Waals surface area contributed by atoms with E-state index in [0.717, 1.165) is 17.7 Å². The monoisotopic (exact) mass is 380 g/mol. The number of fused-ring (bicyclic) bond motifs is 1. The number of anilines is 1. The van der Waals surface area contributed by atoms with Gasteiger partial charge in [0.2, 0.25) is 0 Å². The molecule has 1 aromatic heterocycles. The molecular formula is C22H24N2O4. The summed E-state index contributed by atoms with van der Waals surface area (Å²) in [6.45, 7) is 4.73. The SMILES string of the molecule is CNCc1ccc(NC(=O)c2cc3ccc(OC)c(C(C)C)c3oc2=O)cc1. The van der Waals surface area contributed by atoms with E-state index in [4.69, 9.17) is 9.15 Å². The number of rotatable bonds is 6. The molecule has 0 radical (unpaired) electrons. The highest BCUT2D eigenvalue weighted by molar-refractivity contribution is 6.05. The Bertz CT molecular complexity index is 1050. The number of methoxy groups -OCH3 is 1. The van der Waals surface area contributed by atoms with E-state index >= 15 is 0 Å². The van der Waals surface area contributed by atoms with Gasteiger partial charge in [-0.15, -0.1) is 0 Å². The fraction of sp³-hybridized carbons (Fsp3) is 0.273. The van der Waals surface area contributed by atoms with Gasteiger partial charge in [-0.2, -0.15) is 0 Å². The minimum absolute atomic E-state index is 0.0355. The Hall–Kier alpha value is -3.12. The summed E-state index contributed by atoms with van der Waals surface area (Å²) in [5.74, 6) is 0.251. The van der Waals surface area contributed by atoms with Crippen molar-refractivity contribution < 1.29 is 13.9 Å². The number of carbonyl (C=O) groups excluding carboxylic acids is 1. The maximum atomic E-state index is 12.6. The van der Waals surface area contributed by atoms with E-state index < -0.39 is 11.5 Å². The number of benzene rings is 2. The average molecular weight is 380 g/mol. The van der Waals surface area contributed by atoms with Crippen LogP contribution in [0.2, 0.25) is 0 Å². The van der Waals surface area contributed by atoms with Gasteiger partial charge in [-0.25, -0.2) is 4.79 Å². The summed E-state index contributed by atoms with van der Waals surface area (Å²) in [4.78, 5) is 25.1. The lowest BCUT2D eigenvalue weighted by Gasteiger charge is -2.14. The lowest BCUT2D eigenvalue weighted by molar-refractivity contribution is 0.102. The van der Waals surface area contributed by atoms with Gasteiger partial charge >= 0.3 is 5.63 Å². The van der Waals surface area contributed by atoms with Crippen molar-refractivity contribution in [2.45, 2.75) is 26.3 Å². The molecule has 3 aromatic rings. The van der Waals surface area contributed by atoms with E-state index in [1.165, 1.54) is 0 Å². The average Bonchev–Trinajstić information content (AvgIpc) is 2.68. The number of nitrogens with one attached hydrogen (secondary N) is 2. The van der Waals surface area contributed by atoms with E-state index in [2.05, 4.69) is 10.6 Å². The number of hydrogen-bond donors (Lipinski definition) is 2. The molecular weight excluding hydrogens is 356 g/mol. The van der Waals surface area contributed by atoms with E-state index in [9.17, 15) is 9.59 Å². The summed E-state index contributed by atoms with van der Waals surface area (Å²) < 4.78 is 10.9. The standard InChI is InChI=1S/C22H24N2O4/c1-13(2)19-18(27-4)10-7-15-11-17(22(26)28-20(15)19)21(25)24-16-8-5-14(6-9-16)12-23-3/h5-11,13,23H,12H2,1-4H3,(H,24,25). The molecule has 2 N–H and O–H groups in total. The minimum atomic E-state index is -0.674. The molecule has 0 aliphatic heterocycles. The Balaban J connectivity index is 1.95. The lowest BCUT2D eigenvalue weighted by Crippen LogP contribution is -2.21. The first-order chi connectivity index (χ1) is 13.4. The first kappa shape index (κ1) is 19.6. The third kappa shape index (κ3) is 3.92. The molecule has 0 unspecified atom stereocenters. The zero-order valence-corrected chi connectivity index (χ0v) is 16.5. The molecule has 1 heterocycles. The highest BCUT2D eigenvalue weighted by atomic mass is 16.5. The maximum Gasteiger partial charge on any atom is 0.349 e. The molecule has 0 spiro atoms. The molecule has 6 heteroatoms. The quantitative estimate of drug-likeness (QED) is 0.634. The minimum Gasteiger partial charge on any atom is -0.496 e. The van der Waals surface area contributed by atoms with Crippen LogP contribution >= 0.6 is 0 Å². The second-order valence-electron chi connectivity index (χ2n) is 6.88. The van der Waals surface area contributed by atoms with Crippen LogP contribution < -0.4 is 21.0 Å². The summed E-state index contributed by atoms with van der Waals surface area (Å²) in [6.07, 6.45) is 0.